The summed E-state index contributed by atoms with van der Waals surface area (Å²) in [5.74, 6) is -0.197. The summed E-state index contributed by atoms with van der Waals surface area (Å²) < 4.78 is 5.32. The summed E-state index contributed by atoms with van der Waals surface area (Å²) in [5, 5.41) is 0. The number of nitrogens with zero attached hydrogens (tertiary/aromatic N) is 1. The van der Waals surface area contributed by atoms with Crippen LogP contribution in [0, 0.1) is 10.8 Å². The van der Waals surface area contributed by atoms with Gasteiger partial charge in [0.1, 0.15) is 6.61 Å². The molecule has 0 saturated carbocycles. The highest BCUT2D eigenvalue weighted by Crippen LogP contribution is 2.60. The predicted octanol–water partition coefficient (Wildman–Crippen LogP) is 2.06. The van der Waals surface area contributed by atoms with E-state index in [1.807, 2.05) is 6.08 Å². The standard InChI is InChI=1S/C16H21NO3/c1-15-7-4-5-12(15)16(9-13(18)17(2)3)10-20-14(19)11(16)6-8-15/h5-6H,4,7-10H2,1-3H3/t15-,16-/m1/s1. The third-order valence-electron chi connectivity index (χ3n) is 5.10. The van der Waals surface area contributed by atoms with Crippen LogP contribution in [0.5, 0.6) is 0 Å². The van der Waals surface area contributed by atoms with Gasteiger partial charge in [0.2, 0.25) is 5.91 Å². The Labute approximate surface area is 119 Å². The highest BCUT2D eigenvalue weighted by molar-refractivity contribution is 5.95. The van der Waals surface area contributed by atoms with Gasteiger partial charge in [0, 0.05) is 26.1 Å². The van der Waals surface area contributed by atoms with Crippen LogP contribution in [0.3, 0.4) is 0 Å². The van der Waals surface area contributed by atoms with Crippen LogP contribution in [0.2, 0.25) is 0 Å². The van der Waals surface area contributed by atoms with Gasteiger partial charge < -0.3 is 9.64 Å². The molecular formula is C16H21NO3. The zero-order valence-electron chi connectivity index (χ0n) is 12.4. The normalized spacial score (nSPS) is 34.9. The smallest absolute Gasteiger partial charge is 0.334 e. The second-order valence-electron chi connectivity index (χ2n) is 6.66. The third-order valence-corrected chi connectivity index (χ3v) is 5.10. The van der Waals surface area contributed by atoms with E-state index >= 15 is 0 Å². The zero-order valence-corrected chi connectivity index (χ0v) is 12.4. The fourth-order valence-electron chi connectivity index (χ4n) is 3.93. The molecule has 108 valence electrons. The lowest BCUT2D eigenvalue weighted by molar-refractivity contribution is -0.136. The van der Waals surface area contributed by atoms with Crippen LogP contribution < -0.4 is 0 Å². The maximum absolute atomic E-state index is 12.3. The molecule has 0 spiro atoms. The van der Waals surface area contributed by atoms with Gasteiger partial charge in [-0.3, -0.25) is 4.79 Å². The van der Waals surface area contributed by atoms with Gasteiger partial charge in [0.25, 0.3) is 0 Å². The second kappa shape index (κ2) is 4.21. The number of allylic oxidation sites excluding steroid dienone is 2. The summed E-state index contributed by atoms with van der Waals surface area (Å²) in [5.41, 5.74) is 1.54. The number of fused-ring (bicyclic) bond motifs is 3. The summed E-state index contributed by atoms with van der Waals surface area (Å²) in [6, 6.07) is 0. The minimum atomic E-state index is -0.512. The fraction of sp³-hybridized carbons (Fsp3) is 0.625. The van der Waals surface area contributed by atoms with Crippen LogP contribution in [-0.4, -0.2) is 37.5 Å². The minimum absolute atomic E-state index is 0.0475. The summed E-state index contributed by atoms with van der Waals surface area (Å²) in [7, 11) is 3.51. The molecule has 1 fully saturated rings. The van der Waals surface area contributed by atoms with Crippen molar-refractivity contribution in [2.24, 2.45) is 10.8 Å². The topological polar surface area (TPSA) is 46.6 Å². The lowest BCUT2D eigenvalue weighted by atomic mass is 9.59. The van der Waals surface area contributed by atoms with Crippen molar-refractivity contribution in [1.29, 1.82) is 0 Å². The van der Waals surface area contributed by atoms with E-state index in [-0.39, 0.29) is 17.3 Å². The molecule has 4 heteroatoms. The molecule has 1 amide bonds. The second-order valence-corrected chi connectivity index (χ2v) is 6.66. The van der Waals surface area contributed by atoms with Crippen molar-refractivity contribution in [2.45, 2.75) is 32.6 Å². The van der Waals surface area contributed by atoms with Crippen molar-refractivity contribution < 1.29 is 14.3 Å². The van der Waals surface area contributed by atoms with Crippen molar-refractivity contribution in [3.63, 3.8) is 0 Å². The van der Waals surface area contributed by atoms with E-state index in [4.69, 9.17) is 4.74 Å². The Morgan fingerprint density at radius 2 is 2.15 bits per heavy atom. The van der Waals surface area contributed by atoms with E-state index in [0.29, 0.717) is 18.6 Å². The third kappa shape index (κ3) is 1.67. The van der Waals surface area contributed by atoms with Gasteiger partial charge in [-0.1, -0.05) is 24.6 Å². The quantitative estimate of drug-likeness (QED) is 0.572. The van der Waals surface area contributed by atoms with Crippen molar-refractivity contribution in [1.82, 2.24) is 4.90 Å². The molecule has 0 bridgehead atoms. The first kappa shape index (κ1) is 13.4. The monoisotopic (exact) mass is 275 g/mol. The van der Waals surface area contributed by atoms with Crippen LogP contribution in [0.15, 0.2) is 23.3 Å². The van der Waals surface area contributed by atoms with Gasteiger partial charge in [-0.05, 0) is 24.7 Å². The number of carbonyl (C=O) groups is 2. The van der Waals surface area contributed by atoms with E-state index in [9.17, 15) is 9.59 Å². The highest BCUT2D eigenvalue weighted by Gasteiger charge is 2.57. The van der Waals surface area contributed by atoms with Crippen molar-refractivity contribution >= 4 is 11.9 Å². The lowest BCUT2D eigenvalue weighted by Gasteiger charge is -2.42. The molecule has 0 N–H and O–H groups in total. The Bertz CT molecular complexity index is 546. The fourth-order valence-corrected chi connectivity index (χ4v) is 3.93. The Balaban J connectivity index is 2.07. The molecule has 0 aromatic carbocycles. The molecule has 1 saturated heterocycles. The molecule has 2 aliphatic carbocycles. The van der Waals surface area contributed by atoms with E-state index in [1.54, 1.807) is 19.0 Å². The summed E-state index contributed by atoms with van der Waals surface area (Å²) >= 11 is 0. The maximum Gasteiger partial charge on any atom is 0.334 e. The average molecular weight is 275 g/mol. The molecule has 3 aliphatic rings. The van der Waals surface area contributed by atoms with Crippen molar-refractivity contribution in [3.8, 4) is 0 Å². The number of hydrogen-bond acceptors (Lipinski definition) is 3. The van der Waals surface area contributed by atoms with Gasteiger partial charge in [0.15, 0.2) is 0 Å². The van der Waals surface area contributed by atoms with Gasteiger partial charge >= 0.3 is 5.97 Å². The number of carbonyl (C=O) groups excluding carboxylic acids is 2. The first-order valence-electron chi connectivity index (χ1n) is 7.18. The maximum atomic E-state index is 12.3. The number of esters is 1. The Morgan fingerprint density at radius 1 is 1.40 bits per heavy atom. The molecule has 1 heterocycles. The number of cyclic esters (lactones) is 1. The van der Waals surface area contributed by atoms with Crippen molar-refractivity contribution in [2.75, 3.05) is 20.7 Å². The lowest BCUT2D eigenvalue weighted by Crippen LogP contribution is -2.40. The van der Waals surface area contributed by atoms with Gasteiger partial charge in [-0.15, -0.1) is 0 Å². The summed E-state index contributed by atoms with van der Waals surface area (Å²) in [6.07, 6.45) is 7.58. The molecule has 0 aromatic heterocycles. The average Bonchev–Trinajstić information content (AvgIpc) is 2.91. The number of amides is 1. The van der Waals surface area contributed by atoms with Gasteiger partial charge in [0.05, 0.1) is 5.41 Å². The van der Waals surface area contributed by atoms with Crippen LogP contribution in [-0.2, 0) is 14.3 Å². The SMILES string of the molecule is CN(C)C(=O)C[C@@]12COC(=O)C1=CC[C@@]1(C)CCC=C12. The molecule has 4 nitrogen and oxygen atoms in total. The Kier molecular flexibility index (Phi) is 2.82. The summed E-state index contributed by atoms with van der Waals surface area (Å²) in [6.45, 7) is 2.56. The molecule has 0 unspecified atom stereocenters. The van der Waals surface area contributed by atoms with Crippen molar-refractivity contribution in [3.05, 3.63) is 23.3 Å². The van der Waals surface area contributed by atoms with Crippen LogP contribution in [0.25, 0.3) is 0 Å². The Morgan fingerprint density at radius 3 is 2.85 bits per heavy atom. The van der Waals surface area contributed by atoms with Crippen LogP contribution in [0.4, 0.5) is 0 Å². The molecule has 0 radical (unpaired) electrons. The minimum Gasteiger partial charge on any atom is -0.461 e. The highest BCUT2D eigenvalue weighted by atomic mass is 16.5. The molecule has 2 atom stereocenters. The van der Waals surface area contributed by atoms with Crippen LogP contribution >= 0.6 is 0 Å². The largest absolute Gasteiger partial charge is 0.461 e. The molecular weight excluding hydrogens is 254 g/mol. The van der Waals surface area contributed by atoms with E-state index in [2.05, 4.69) is 13.0 Å². The molecule has 20 heavy (non-hydrogen) atoms. The zero-order chi connectivity index (χ0) is 14.5. The predicted molar refractivity (Wildman–Crippen MR) is 74.8 cm³/mol. The Hall–Kier alpha value is -1.58. The number of rotatable bonds is 2. The first-order valence-corrected chi connectivity index (χ1v) is 7.18. The van der Waals surface area contributed by atoms with E-state index in [1.165, 1.54) is 5.57 Å². The molecule has 1 aliphatic heterocycles. The van der Waals surface area contributed by atoms with E-state index in [0.717, 1.165) is 19.3 Å². The number of ether oxygens (including phenoxy) is 1. The first-order chi connectivity index (χ1) is 9.39. The summed E-state index contributed by atoms with van der Waals surface area (Å²) in [4.78, 5) is 25.9. The molecule has 0 aromatic rings. The molecule has 3 rings (SSSR count). The van der Waals surface area contributed by atoms with Gasteiger partial charge in [-0.25, -0.2) is 4.79 Å². The van der Waals surface area contributed by atoms with E-state index < -0.39 is 5.41 Å². The van der Waals surface area contributed by atoms with Crippen LogP contribution in [0.1, 0.15) is 32.6 Å². The van der Waals surface area contributed by atoms with Gasteiger partial charge in [-0.2, -0.15) is 0 Å². The number of hydrogen-bond donors (Lipinski definition) is 0.